The van der Waals surface area contributed by atoms with Crippen LogP contribution in [-0.2, 0) is 9.84 Å². The molecule has 1 fully saturated rings. The Morgan fingerprint density at radius 1 is 1.23 bits per heavy atom. The Balaban J connectivity index is 2.01. The van der Waals surface area contributed by atoms with E-state index in [2.05, 4.69) is 17.4 Å². The Hall–Kier alpha value is -0.910. The zero-order chi connectivity index (χ0) is 16.0. The number of sulfone groups is 1. The Morgan fingerprint density at radius 2 is 1.91 bits per heavy atom. The maximum absolute atomic E-state index is 12.0. The van der Waals surface area contributed by atoms with Crippen LogP contribution in [0.2, 0.25) is 0 Å². The molecule has 5 heteroatoms. The summed E-state index contributed by atoms with van der Waals surface area (Å²) < 4.78 is 23.9. The fraction of sp³-hybridized carbons (Fsp3) is 0.647. The highest BCUT2D eigenvalue weighted by molar-refractivity contribution is 7.91. The molecule has 22 heavy (non-hydrogen) atoms. The van der Waals surface area contributed by atoms with E-state index in [9.17, 15) is 13.5 Å². The summed E-state index contributed by atoms with van der Waals surface area (Å²) in [6.07, 6.45) is 5.78. The molecule has 0 saturated heterocycles. The van der Waals surface area contributed by atoms with Crippen molar-refractivity contribution in [1.29, 1.82) is 0 Å². The van der Waals surface area contributed by atoms with Crippen LogP contribution in [0.25, 0.3) is 0 Å². The number of nitrogens with one attached hydrogen (secondary N) is 1. The average molecular weight is 325 g/mol. The molecule has 2 N–H and O–H groups in total. The fourth-order valence-corrected chi connectivity index (χ4v) is 4.83. The molecule has 1 saturated carbocycles. The van der Waals surface area contributed by atoms with Crippen LogP contribution >= 0.6 is 0 Å². The smallest absolute Gasteiger partial charge is 0.151 e. The molecule has 0 aliphatic heterocycles. The van der Waals surface area contributed by atoms with Crippen LogP contribution < -0.4 is 5.32 Å². The van der Waals surface area contributed by atoms with Gasteiger partial charge in [0.05, 0.1) is 5.25 Å². The third-order valence-electron chi connectivity index (χ3n) is 4.63. The maximum atomic E-state index is 12.0. The summed E-state index contributed by atoms with van der Waals surface area (Å²) in [5.41, 5.74) is 1.19. The normalized spacial score (nSPS) is 24.1. The van der Waals surface area contributed by atoms with Gasteiger partial charge in [-0.1, -0.05) is 43.2 Å². The van der Waals surface area contributed by atoms with Crippen molar-refractivity contribution in [3.63, 3.8) is 0 Å². The van der Waals surface area contributed by atoms with Gasteiger partial charge in [0.1, 0.15) is 0 Å². The number of aliphatic hydroxyl groups is 1. The second-order valence-corrected chi connectivity index (χ2v) is 8.55. The van der Waals surface area contributed by atoms with Crippen molar-refractivity contribution >= 4 is 9.84 Å². The van der Waals surface area contributed by atoms with Gasteiger partial charge in [-0.25, -0.2) is 8.42 Å². The SMILES string of the molecule is CS(=O)(=O)C1CCCCC1NCC(CCO)c1ccccc1. The van der Waals surface area contributed by atoms with Crippen molar-refractivity contribution in [2.45, 2.75) is 49.3 Å². The van der Waals surface area contributed by atoms with E-state index < -0.39 is 9.84 Å². The predicted octanol–water partition coefficient (Wildman–Crippen LogP) is 2.10. The van der Waals surface area contributed by atoms with Crippen molar-refractivity contribution in [2.24, 2.45) is 0 Å². The summed E-state index contributed by atoms with van der Waals surface area (Å²) >= 11 is 0. The van der Waals surface area contributed by atoms with E-state index in [1.807, 2.05) is 18.2 Å². The standard InChI is InChI=1S/C17H27NO3S/c1-22(20,21)17-10-6-5-9-16(17)18-13-15(11-12-19)14-7-3-2-4-8-14/h2-4,7-8,15-19H,5-6,9-13H2,1H3. The lowest BCUT2D eigenvalue weighted by molar-refractivity contribution is 0.269. The third-order valence-corrected chi connectivity index (χ3v) is 6.29. The zero-order valence-corrected chi connectivity index (χ0v) is 14.1. The van der Waals surface area contributed by atoms with E-state index in [-0.39, 0.29) is 23.8 Å². The minimum absolute atomic E-state index is 0.0358. The van der Waals surface area contributed by atoms with E-state index in [1.165, 1.54) is 11.8 Å². The number of hydrogen-bond acceptors (Lipinski definition) is 4. The van der Waals surface area contributed by atoms with Crippen molar-refractivity contribution < 1.29 is 13.5 Å². The van der Waals surface area contributed by atoms with Gasteiger partial charge in [0.15, 0.2) is 9.84 Å². The summed E-state index contributed by atoms with van der Waals surface area (Å²) in [5, 5.41) is 12.5. The summed E-state index contributed by atoms with van der Waals surface area (Å²) in [7, 11) is -3.01. The predicted molar refractivity (Wildman–Crippen MR) is 89.8 cm³/mol. The quantitative estimate of drug-likeness (QED) is 0.806. The molecule has 124 valence electrons. The molecule has 2 rings (SSSR count). The van der Waals surface area contributed by atoms with E-state index >= 15 is 0 Å². The number of rotatable bonds is 7. The highest BCUT2D eigenvalue weighted by Crippen LogP contribution is 2.25. The highest BCUT2D eigenvalue weighted by atomic mass is 32.2. The minimum Gasteiger partial charge on any atom is -0.396 e. The lowest BCUT2D eigenvalue weighted by Gasteiger charge is -2.32. The van der Waals surface area contributed by atoms with Crippen LogP contribution in [0.4, 0.5) is 0 Å². The molecule has 1 aliphatic carbocycles. The molecule has 1 aromatic rings. The van der Waals surface area contributed by atoms with Gasteiger partial charge >= 0.3 is 0 Å². The van der Waals surface area contributed by atoms with E-state index in [4.69, 9.17) is 0 Å². The van der Waals surface area contributed by atoms with Gasteiger partial charge in [0.25, 0.3) is 0 Å². The van der Waals surface area contributed by atoms with Gasteiger partial charge in [0, 0.05) is 25.4 Å². The number of benzene rings is 1. The first-order valence-corrected chi connectivity index (χ1v) is 10.1. The first-order chi connectivity index (χ1) is 10.5. The Morgan fingerprint density at radius 3 is 2.55 bits per heavy atom. The minimum atomic E-state index is -3.01. The van der Waals surface area contributed by atoms with Gasteiger partial charge in [-0.2, -0.15) is 0 Å². The zero-order valence-electron chi connectivity index (χ0n) is 13.2. The summed E-state index contributed by atoms with van der Waals surface area (Å²) in [5.74, 6) is 0.216. The number of aliphatic hydroxyl groups excluding tert-OH is 1. The van der Waals surface area contributed by atoms with E-state index in [0.29, 0.717) is 13.0 Å². The molecular formula is C17H27NO3S. The summed E-state index contributed by atoms with van der Waals surface area (Å²) in [4.78, 5) is 0. The maximum Gasteiger partial charge on any atom is 0.151 e. The fourth-order valence-electron chi connectivity index (χ4n) is 3.40. The van der Waals surface area contributed by atoms with Crippen molar-refractivity contribution in [3.8, 4) is 0 Å². The van der Waals surface area contributed by atoms with Crippen LogP contribution in [0.3, 0.4) is 0 Å². The lowest BCUT2D eigenvalue weighted by atomic mass is 9.92. The van der Waals surface area contributed by atoms with Crippen LogP contribution in [-0.4, -0.2) is 44.2 Å². The molecule has 0 aromatic heterocycles. The van der Waals surface area contributed by atoms with Crippen molar-refractivity contribution in [3.05, 3.63) is 35.9 Å². The summed E-state index contributed by atoms with van der Waals surface area (Å²) in [6, 6.07) is 10.1. The van der Waals surface area contributed by atoms with Crippen LogP contribution in [0.15, 0.2) is 30.3 Å². The molecule has 3 atom stereocenters. The summed E-state index contributed by atoms with van der Waals surface area (Å²) in [6.45, 7) is 0.850. The van der Waals surface area contributed by atoms with Gasteiger partial charge < -0.3 is 10.4 Å². The third kappa shape index (κ3) is 4.80. The second kappa shape index (κ2) is 8.09. The monoisotopic (exact) mass is 325 g/mol. The van der Waals surface area contributed by atoms with Crippen LogP contribution in [0, 0.1) is 0 Å². The van der Waals surface area contributed by atoms with Gasteiger partial charge in [-0.3, -0.25) is 0 Å². The molecule has 3 unspecified atom stereocenters. The Bertz CT molecular complexity index is 544. The van der Waals surface area contributed by atoms with Crippen LogP contribution in [0.1, 0.15) is 43.6 Å². The van der Waals surface area contributed by atoms with Crippen LogP contribution in [0.5, 0.6) is 0 Å². The molecule has 4 nitrogen and oxygen atoms in total. The average Bonchev–Trinajstić information content (AvgIpc) is 2.51. The number of hydrogen-bond donors (Lipinski definition) is 2. The van der Waals surface area contributed by atoms with Crippen molar-refractivity contribution in [1.82, 2.24) is 5.32 Å². The molecular weight excluding hydrogens is 298 g/mol. The molecule has 0 amide bonds. The van der Waals surface area contributed by atoms with Gasteiger partial charge in [0.2, 0.25) is 0 Å². The molecule has 0 spiro atoms. The van der Waals surface area contributed by atoms with E-state index in [1.54, 1.807) is 0 Å². The van der Waals surface area contributed by atoms with Crippen molar-refractivity contribution in [2.75, 3.05) is 19.4 Å². The van der Waals surface area contributed by atoms with Gasteiger partial charge in [-0.05, 0) is 30.7 Å². The second-order valence-electron chi connectivity index (χ2n) is 6.29. The molecule has 0 bridgehead atoms. The molecule has 1 aliphatic rings. The largest absolute Gasteiger partial charge is 0.396 e. The Kier molecular flexibility index (Phi) is 6.41. The topological polar surface area (TPSA) is 66.4 Å². The van der Waals surface area contributed by atoms with Gasteiger partial charge in [-0.15, -0.1) is 0 Å². The Labute approximate surface area is 133 Å². The lowest BCUT2D eigenvalue weighted by Crippen LogP contribution is -2.47. The molecule has 1 aromatic carbocycles. The van der Waals surface area contributed by atoms with E-state index in [0.717, 1.165) is 25.7 Å². The molecule has 0 heterocycles. The highest BCUT2D eigenvalue weighted by Gasteiger charge is 2.32. The molecule has 0 radical (unpaired) electrons. The first kappa shape index (κ1) is 17.4. The first-order valence-electron chi connectivity index (χ1n) is 8.10.